The molecule has 0 radical (unpaired) electrons. The summed E-state index contributed by atoms with van der Waals surface area (Å²) < 4.78 is 13.2. The van der Waals surface area contributed by atoms with Crippen LogP contribution in [0.1, 0.15) is 42.9 Å². The van der Waals surface area contributed by atoms with Crippen LogP contribution >= 0.6 is 0 Å². The molecule has 0 amide bonds. The summed E-state index contributed by atoms with van der Waals surface area (Å²) in [5.41, 5.74) is 4.24. The third kappa shape index (κ3) is 3.37. The minimum Gasteiger partial charge on any atom is -0.290 e. The molecule has 1 aliphatic heterocycles. The summed E-state index contributed by atoms with van der Waals surface area (Å²) in [4.78, 5) is 11.2. The molecule has 5 nitrogen and oxygen atoms in total. The van der Waals surface area contributed by atoms with Crippen LogP contribution in [-0.2, 0) is 13.0 Å². The molecular weight excluding hydrogens is 329 g/mol. The predicted molar refractivity (Wildman–Crippen MR) is 97.8 cm³/mol. The number of aromatic nitrogens is 4. The minimum atomic E-state index is -0.225. The third-order valence-corrected chi connectivity index (χ3v) is 4.98. The number of likely N-dealkylation sites (tertiary alicyclic amines) is 1. The molecule has 1 atom stereocenters. The van der Waals surface area contributed by atoms with Gasteiger partial charge in [-0.3, -0.25) is 10.00 Å². The highest BCUT2D eigenvalue weighted by atomic mass is 19.1. The molecule has 0 bridgehead atoms. The first-order chi connectivity index (χ1) is 12.7. The molecule has 0 spiro atoms. The zero-order valence-corrected chi connectivity index (χ0v) is 14.8. The van der Waals surface area contributed by atoms with Gasteiger partial charge in [0.05, 0.1) is 17.9 Å². The van der Waals surface area contributed by atoms with E-state index in [9.17, 15) is 4.39 Å². The van der Waals surface area contributed by atoms with Crippen molar-refractivity contribution in [3.05, 3.63) is 65.8 Å². The van der Waals surface area contributed by atoms with Crippen molar-refractivity contribution in [2.45, 2.75) is 38.8 Å². The highest BCUT2D eigenvalue weighted by Gasteiger charge is 2.29. The van der Waals surface area contributed by atoms with E-state index in [0.717, 1.165) is 60.6 Å². The number of rotatable bonds is 5. The van der Waals surface area contributed by atoms with Gasteiger partial charge in [0.1, 0.15) is 11.6 Å². The van der Waals surface area contributed by atoms with Gasteiger partial charge in [-0.25, -0.2) is 14.4 Å². The molecule has 3 heterocycles. The molecular formula is C20H22FN5. The average Bonchev–Trinajstić information content (AvgIpc) is 3.32. The summed E-state index contributed by atoms with van der Waals surface area (Å²) >= 11 is 0. The number of benzene rings is 1. The molecule has 1 unspecified atom stereocenters. The molecule has 26 heavy (non-hydrogen) atoms. The Morgan fingerprint density at radius 3 is 2.65 bits per heavy atom. The van der Waals surface area contributed by atoms with Crippen molar-refractivity contribution >= 4 is 0 Å². The minimum absolute atomic E-state index is 0.225. The molecule has 1 N–H and O–H groups in total. The van der Waals surface area contributed by atoms with Crippen LogP contribution in [0.15, 0.2) is 42.9 Å². The number of aryl methyl sites for hydroxylation is 1. The lowest BCUT2D eigenvalue weighted by atomic mass is 10.0. The molecule has 0 aliphatic carbocycles. The number of aromatic amines is 1. The summed E-state index contributed by atoms with van der Waals surface area (Å²) in [6.07, 6.45) is 8.74. The van der Waals surface area contributed by atoms with E-state index in [1.807, 2.05) is 18.6 Å². The Hall–Kier alpha value is -2.60. The van der Waals surface area contributed by atoms with Gasteiger partial charge in [0, 0.05) is 36.5 Å². The van der Waals surface area contributed by atoms with Gasteiger partial charge in [0.15, 0.2) is 0 Å². The highest BCUT2D eigenvalue weighted by molar-refractivity contribution is 5.65. The maximum atomic E-state index is 13.2. The Morgan fingerprint density at radius 2 is 1.92 bits per heavy atom. The van der Waals surface area contributed by atoms with E-state index in [-0.39, 0.29) is 11.9 Å². The standard InChI is InChI=1S/C20H22FN5/c1-2-19-22-10-14(11-23-19)13-26-9-3-4-18(26)20-17(12-24-25-20)15-5-7-16(21)8-6-15/h5-8,10-12,18H,2-4,9,13H2,1H3,(H,24,25). The zero-order chi connectivity index (χ0) is 17.9. The predicted octanol–water partition coefficient (Wildman–Crippen LogP) is 3.91. The van der Waals surface area contributed by atoms with Crippen molar-refractivity contribution in [3.63, 3.8) is 0 Å². The molecule has 3 aromatic rings. The van der Waals surface area contributed by atoms with Crippen LogP contribution in [0, 0.1) is 5.82 Å². The third-order valence-electron chi connectivity index (χ3n) is 4.98. The van der Waals surface area contributed by atoms with Gasteiger partial charge in [-0.1, -0.05) is 19.1 Å². The molecule has 4 rings (SSSR count). The van der Waals surface area contributed by atoms with Gasteiger partial charge in [0.2, 0.25) is 0 Å². The molecule has 2 aromatic heterocycles. The van der Waals surface area contributed by atoms with Gasteiger partial charge in [-0.05, 0) is 37.1 Å². The fourth-order valence-electron chi connectivity index (χ4n) is 3.63. The van der Waals surface area contributed by atoms with Crippen molar-refractivity contribution in [3.8, 4) is 11.1 Å². The number of nitrogens with one attached hydrogen (secondary N) is 1. The topological polar surface area (TPSA) is 57.7 Å². The van der Waals surface area contributed by atoms with Crippen molar-refractivity contribution in [1.29, 1.82) is 0 Å². The van der Waals surface area contributed by atoms with E-state index in [2.05, 4.69) is 32.0 Å². The van der Waals surface area contributed by atoms with Crippen LogP contribution in [0.3, 0.4) is 0 Å². The second kappa shape index (κ2) is 7.33. The average molecular weight is 351 g/mol. The smallest absolute Gasteiger partial charge is 0.127 e. The summed E-state index contributed by atoms with van der Waals surface area (Å²) in [6, 6.07) is 6.86. The van der Waals surface area contributed by atoms with Crippen LogP contribution in [-0.4, -0.2) is 31.6 Å². The van der Waals surface area contributed by atoms with E-state index in [4.69, 9.17) is 0 Å². The van der Waals surface area contributed by atoms with Crippen LogP contribution in [0.25, 0.3) is 11.1 Å². The van der Waals surface area contributed by atoms with Gasteiger partial charge < -0.3 is 0 Å². The first-order valence-corrected chi connectivity index (χ1v) is 9.07. The Morgan fingerprint density at radius 1 is 1.15 bits per heavy atom. The van der Waals surface area contributed by atoms with Gasteiger partial charge >= 0.3 is 0 Å². The summed E-state index contributed by atoms with van der Waals surface area (Å²) in [6.45, 7) is 3.90. The summed E-state index contributed by atoms with van der Waals surface area (Å²) in [5.74, 6) is 0.649. The number of hydrogen-bond acceptors (Lipinski definition) is 4. The number of nitrogens with zero attached hydrogens (tertiary/aromatic N) is 4. The lowest BCUT2D eigenvalue weighted by Gasteiger charge is -2.24. The molecule has 1 aromatic carbocycles. The second-order valence-electron chi connectivity index (χ2n) is 6.69. The lowest BCUT2D eigenvalue weighted by molar-refractivity contribution is 0.244. The van der Waals surface area contributed by atoms with E-state index >= 15 is 0 Å². The number of halogens is 1. The normalized spacial score (nSPS) is 17.7. The Balaban J connectivity index is 1.57. The fourth-order valence-corrected chi connectivity index (χ4v) is 3.63. The largest absolute Gasteiger partial charge is 0.290 e. The fraction of sp³-hybridized carbons (Fsp3) is 0.350. The van der Waals surface area contributed by atoms with Crippen LogP contribution in [0.2, 0.25) is 0 Å². The molecule has 1 saturated heterocycles. The van der Waals surface area contributed by atoms with Gasteiger partial charge in [-0.2, -0.15) is 5.10 Å². The van der Waals surface area contributed by atoms with Gasteiger partial charge in [-0.15, -0.1) is 0 Å². The van der Waals surface area contributed by atoms with E-state index in [1.165, 1.54) is 12.1 Å². The van der Waals surface area contributed by atoms with E-state index in [0.29, 0.717) is 0 Å². The van der Waals surface area contributed by atoms with Crippen molar-refractivity contribution in [2.24, 2.45) is 0 Å². The Kier molecular flexibility index (Phi) is 4.75. The van der Waals surface area contributed by atoms with Crippen LogP contribution < -0.4 is 0 Å². The number of H-pyrrole nitrogens is 1. The highest BCUT2D eigenvalue weighted by Crippen LogP contribution is 2.37. The summed E-state index contributed by atoms with van der Waals surface area (Å²) in [7, 11) is 0. The Labute approximate surface area is 152 Å². The van der Waals surface area contributed by atoms with Crippen molar-refractivity contribution < 1.29 is 4.39 Å². The maximum Gasteiger partial charge on any atom is 0.127 e. The zero-order valence-electron chi connectivity index (χ0n) is 14.8. The first kappa shape index (κ1) is 16.8. The summed E-state index contributed by atoms with van der Waals surface area (Å²) in [5, 5.41) is 7.44. The van der Waals surface area contributed by atoms with Crippen molar-refractivity contribution in [2.75, 3.05) is 6.54 Å². The first-order valence-electron chi connectivity index (χ1n) is 9.07. The maximum absolute atomic E-state index is 13.2. The van der Waals surface area contributed by atoms with Crippen LogP contribution in [0.5, 0.6) is 0 Å². The molecule has 134 valence electrons. The monoisotopic (exact) mass is 351 g/mol. The quantitative estimate of drug-likeness (QED) is 0.757. The van der Waals surface area contributed by atoms with E-state index < -0.39 is 0 Å². The molecule has 6 heteroatoms. The van der Waals surface area contributed by atoms with Crippen molar-refractivity contribution in [1.82, 2.24) is 25.1 Å². The Bertz CT molecular complexity index is 857. The van der Waals surface area contributed by atoms with E-state index in [1.54, 1.807) is 12.1 Å². The molecule has 1 aliphatic rings. The van der Waals surface area contributed by atoms with Crippen LogP contribution in [0.4, 0.5) is 4.39 Å². The number of hydrogen-bond donors (Lipinski definition) is 1. The molecule has 1 fully saturated rings. The van der Waals surface area contributed by atoms with Gasteiger partial charge in [0.25, 0.3) is 0 Å². The lowest BCUT2D eigenvalue weighted by Crippen LogP contribution is -2.23. The SMILES string of the molecule is CCc1ncc(CN2CCCC2c2[nH]ncc2-c2ccc(F)cc2)cn1. The molecule has 0 saturated carbocycles. The second-order valence-corrected chi connectivity index (χ2v) is 6.69.